The number of anilines is 1. The maximum absolute atomic E-state index is 13.4. The molecule has 3 rings (SSSR count). The maximum atomic E-state index is 13.4. The van der Waals surface area contributed by atoms with Crippen LogP contribution in [0.15, 0.2) is 33.9 Å². The van der Waals surface area contributed by atoms with Gasteiger partial charge in [0.2, 0.25) is 5.91 Å². The molecule has 2 heterocycles. The number of carbonyl (C=O) groups excluding carboxylic acids is 1. The fourth-order valence-electron chi connectivity index (χ4n) is 3.71. The molecule has 172 valence electrons. The van der Waals surface area contributed by atoms with Crippen molar-refractivity contribution in [1.29, 1.82) is 0 Å². The normalized spacial score (nSPS) is 11.2. The number of benzene rings is 1. The molecule has 1 aromatic carbocycles. The van der Waals surface area contributed by atoms with E-state index in [2.05, 4.69) is 22.2 Å². The topological polar surface area (TPSA) is 102 Å². The summed E-state index contributed by atoms with van der Waals surface area (Å²) in [4.78, 5) is 44.5. The Bertz CT molecular complexity index is 1190. The van der Waals surface area contributed by atoms with Crippen molar-refractivity contribution in [2.24, 2.45) is 0 Å². The molecule has 2 N–H and O–H groups in total. The van der Waals surface area contributed by atoms with Crippen molar-refractivity contribution in [3.63, 3.8) is 0 Å². The molecule has 32 heavy (non-hydrogen) atoms. The predicted octanol–water partition coefficient (Wildman–Crippen LogP) is 3.59. The van der Waals surface area contributed by atoms with Gasteiger partial charge < -0.3 is 9.88 Å². The van der Waals surface area contributed by atoms with E-state index in [0.717, 1.165) is 32.1 Å². The van der Waals surface area contributed by atoms with Gasteiger partial charge in [0, 0.05) is 31.6 Å². The molecule has 0 unspecified atom stereocenters. The van der Waals surface area contributed by atoms with E-state index < -0.39 is 17.1 Å². The highest BCUT2D eigenvalue weighted by Crippen LogP contribution is 2.16. The highest BCUT2D eigenvalue weighted by molar-refractivity contribution is 5.90. The number of H-pyrrole nitrogens is 1. The van der Waals surface area contributed by atoms with Crippen LogP contribution in [0.25, 0.3) is 11.2 Å². The van der Waals surface area contributed by atoms with E-state index in [1.54, 1.807) is 6.07 Å². The molecule has 0 aliphatic rings. The van der Waals surface area contributed by atoms with Crippen LogP contribution in [0.4, 0.5) is 10.1 Å². The van der Waals surface area contributed by atoms with E-state index in [-0.39, 0.29) is 12.3 Å². The number of aromatic nitrogens is 4. The number of aromatic amines is 1. The number of aryl methyl sites for hydroxylation is 3. The maximum Gasteiger partial charge on any atom is 0.330 e. The van der Waals surface area contributed by atoms with Gasteiger partial charge in [-0.1, -0.05) is 39.2 Å². The number of carbonyl (C=O) groups is 1. The number of fused-ring (bicyclic) bond motifs is 1. The number of unbranched alkanes of at least 4 members (excludes halogenated alkanes) is 3. The molecule has 0 atom stereocenters. The van der Waals surface area contributed by atoms with Gasteiger partial charge in [0.05, 0.1) is 0 Å². The molecule has 9 heteroatoms. The van der Waals surface area contributed by atoms with Gasteiger partial charge in [-0.2, -0.15) is 0 Å². The number of nitrogens with zero attached hydrogens (tertiary/aromatic N) is 3. The van der Waals surface area contributed by atoms with Gasteiger partial charge in [0.15, 0.2) is 11.2 Å². The van der Waals surface area contributed by atoms with E-state index >= 15 is 0 Å². The van der Waals surface area contributed by atoms with Crippen LogP contribution in [0.5, 0.6) is 0 Å². The van der Waals surface area contributed by atoms with Crippen LogP contribution in [-0.2, 0) is 24.3 Å². The molecule has 0 aliphatic carbocycles. The van der Waals surface area contributed by atoms with E-state index in [9.17, 15) is 18.8 Å². The van der Waals surface area contributed by atoms with Gasteiger partial charge in [-0.15, -0.1) is 0 Å². The molecular formula is C23H30FN5O3. The van der Waals surface area contributed by atoms with Crippen molar-refractivity contribution in [2.45, 2.75) is 71.9 Å². The molecule has 0 spiro atoms. The summed E-state index contributed by atoms with van der Waals surface area (Å²) in [5.74, 6) is -0.114. The van der Waals surface area contributed by atoms with Crippen molar-refractivity contribution in [2.75, 3.05) is 5.32 Å². The highest BCUT2D eigenvalue weighted by Gasteiger charge is 2.19. The Morgan fingerprint density at radius 3 is 2.56 bits per heavy atom. The largest absolute Gasteiger partial charge is 0.330 e. The minimum absolute atomic E-state index is 0.116. The molecule has 3 aromatic rings. The third-order valence-corrected chi connectivity index (χ3v) is 5.37. The number of halogens is 1. The first-order valence-electron chi connectivity index (χ1n) is 11.2. The molecule has 0 fully saturated rings. The van der Waals surface area contributed by atoms with Crippen molar-refractivity contribution < 1.29 is 9.18 Å². The third-order valence-electron chi connectivity index (χ3n) is 5.37. The molecule has 0 radical (unpaired) electrons. The number of hydrogen-bond donors (Lipinski definition) is 2. The second-order valence-corrected chi connectivity index (χ2v) is 7.88. The van der Waals surface area contributed by atoms with Crippen LogP contribution in [0, 0.1) is 5.82 Å². The van der Waals surface area contributed by atoms with E-state index in [1.807, 2.05) is 11.5 Å². The quantitative estimate of drug-likeness (QED) is 0.442. The first-order chi connectivity index (χ1) is 15.4. The summed E-state index contributed by atoms with van der Waals surface area (Å²) in [5, 5.41) is 2.68. The van der Waals surface area contributed by atoms with Crippen molar-refractivity contribution in [3.05, 3.63) is 56.7 Å². The monoisotopic (exact) mass is 443 g/mol. The van der Waals surface area contributed by atoms with Gasteiger partial charge in [-0.05, 0) is 31.0 Å². The molecule has 0 saturated heterocycles. The zero-order valence-corrected chi connectivity index (χ0v) is 18.6. The lowest BCUT2D eigenvalue weighted by Gasteiger charge is -2.09. The van der Waals surface area contributed by atoms with Gasteiger partial charge >= 0.3 is 5.69 Å². The van der Waals surface area contributed by atoms with Crippen LogP contribution in [0.3, 0.4) is 0 Å². The SMILES string of the molecule is CCCCCn1c(CCC(=O)Nc2cccc(F)c2)nc2c1c(=O)[nH]c(=O)n2CCCC. The Morgan fingerprint density at radius 1 is 1.09 bits per heavy atom. The highest BCUT2D eigenvalue weighted by atomic mass is 19.1. The molecule has 0 saturated carbocycles. The average Bonchev–Trinajstić information content (AvgIpc) is 3.11. The third kappa shape index (κ3) is 5.52. The smallest absolute Gasteiger partial charge is 0.326 e. The lowest BCUT2D eigenvalue weighted by atomic mass is 10.2. The molecule has 8 nitrogen and oxygen atoms in total. The lowest BCUT2D eigenvalue weighted by Crippen LogP contribution is -2.31. The Balaban J connectivity index is 1.90. The second kappa shape index (κ2) is 10.9. The Morgan fingerprint density at radius 2 is 1.84 bits per heavy atom. The lowest BCUT2D eigenvalue weighted by molar-refractivity contribution is -0.116. The minimum atomic E-state index is -0.468. The van der Waals surface area contributed by atoms with Gasteiger partial charge in [-0.3, -0.25) is 19.1 Å². The minimum Gasteiger partial charge on any atom is -0.326 e. The zero-order chi connectivity index (χ0) is 23.1. The summed E-state index contributed by atoms with van der Waals surface area (Å²) in [6.07, 6.45) is 4.97. The number of rotatable bonds is 11. The van der Waals surface area contributed by atoms with Gasteiger partial charge in [0.25, 0.3) is 5.56 Å². The van der Waals surface area contributed by atoms with Crippen LogP contribution < -0.4 is 16.6 Å². The average molecular weight is 444 g/mol. The van der Waals surface area contributed by atoms with E-state index in [4.69, 9.17) is 0 Å². The summed E-state index contributed by atoms with van der Waals surface area (Å²) in [6.45, 7) is 5.17. The van der Waals surface area contributed by atoms with Gasteiger partial charge in [0.1, 0.15) is 11.6 Å². The Kier molecular flexibility index (Phi) is 7.97. The van der Waals surface area contributed by atoms with E-state index in [1.165, 1.54) is 22.8 Å². The van der Waals surface area contributed by atoms with Crippen LogP contribution in [0.1, 0.15) is 58.2 Å². The fourth-order valence-corrected chi connectivity index (χ4v) is 3.71. The number of amides is 1. The molecular weight excluding hydrogens is 413 g/mol. The zero-order valence-electron chi connectivity index (χ0n) is 18.6. The summed E-state index contributed by atoms with van der Waals surface area (Å²) in [7, 11) is 0. The van der Waals surface area contributed by atoms with Crippen molar-refractivity contribution >= 4 is 22.8 Å². The molecule has 0 bridgehead atoms. The molecule has 1 amide bonds. The fraction of sp³-hybridized carbons (Fsp3) is 0.478. The summed E-state index contributed by atoms with van der Waals surface area (Å²) in [5.41, 5.74) is 0.194. The van der Waals surface area contributed by atoms with Crippen LogP contribution >= 0.6 is 0 Å². The van der Waals surface area contributed by atoms with Crippen LogP contribution in [0.2, 0.25) is 0 Å². The van der Waals surface area contributed by atoms with Gasteiger partial charge in [-0.25, -0.2) is 14.2 Å². The van der Waals surface area contributed by atoms with Crippen LogP contribution in [-0.4, -0.2) is 25.0 Å². The predicted molar refractivity (Wildman–Crippen MR) is 122 cm³/mol. The summed E-state index contributed by atoms with van der Waals surface area (Å²) >= 11 is 0. The standard InChI is InChI=1S/C23H30FN5O3/c1-3-5-7-14-28-18(11-12-19(30)25-17-10-8-9-16(24)15-17)26-21-20(28)22(31)27-23(32)29(21)13-6-4-2/h8-10,15H,3-7,11-14H2,1-2H3,(H,25,30)(H,27,31,32). The summed E-state index contributed by atoms with van der Waals surface area (Å²) in [6, 6.07) is 5.71. The van der Waals surface area contributed by atoms with E-state index in [0.29, 0.717) is 42.2 Å². The first kappa shape index (κ1) is 23.4. The Hall–Kier alpha value is -3.23. The summed E-state index contributed by atoms with van der Waals surface area (Å²) < 4.78 is 16.7. The molecule has 2 aromatic heterocycles. The van der Waals surface area contributed by atoms with Crippen molar-refractivity contribution in [3.8, 4) is 0 Å². The number of hydrogen-bond acceptors (Lipinski definition) is 4. The number of imidazole rings is 1. The first-order valence-corrected chi connectivity index (χ1v) is 11.2. The second-order valence-electron chi connectivity index (χ2n) is 7.88. The van der Waals surface area contributed by atoms with Crippen molar-refractivity contribution in [1.82, 2.24) is 19.1 Å². The molecule has 0 aliphatic heterocycles. The number of nitrogens with one attached hydrogen (secondary N) is 2. The Labute approximate surface area is 185 Å².